The van der Waals surface area contributed by atoms with E-state index in [1.807, 2.05) is 0 Å². The van der Waals surface area contributed by atoms with Gasteiger partial charge >= 0.3 is 11.9 Å². The topological polar surface area (TPSA) is 133 Å². The molecule has 10 nitrogen and oxygen atoms in total. The molecule has 36 heavy (non-hydrogen) atoms. The Morgan fingerprint density at radius 2 is 1.75 bits per heavy atom. The monoisotopic (exact) mass is 510 g/mol. The molecule has 7 aliphatic rings. The van der Waals surface area contributed by atoms with E-state index in [2.05, 4.69) is 13.8 Å². The molecule has 0 aromatic carbocycles. The van der Waals surface area contributed by atoms with Crippen LogP contribution in [0.5, 0.6) is 0 Å². The molecule has 13 atom stereocenters. The Bertz CT molecular complexity index is 920. The van der Waals surface area contributed by atoms with Crippen molar-refractivity contribution in [2.75, 3.05) is 6.61 Å². The van der Waals surface area contributed by atoms with E-state index in [1.54, 1.807) is 13.8 Å². The highest BCUT2D eigenvalue weighted by Gasteiger charge is 2.86. The molecule has 7 rings (SSSR count). The third-order valence-electron chi connectivity index (χ3n) is 10.4. The van der Waals surface area contributed by atoms with Gasteiger partial charge in [-0.25, -0.2) is 0 Å². The van der Waals surface area contributed by atoms with E-state index in [0.717, 1.165) is 6.42 Å². The van der Waals surface area contributed by atoms with Crippen LogP contribution in [0.25, 0.3) is 0 Å². The second-order valence-corrected chi connectivity index (χ2v) is 12.4. The van der Waals surface area contributed by atoms with Gasteiger partial charge in [0.05, 0.1) is 24.7 Å². The van der Waals surface area contributed by atoms with Crippen molar-refractivity contribution in [1.29, 1.82) is 0 Å². The predicted octanol–water partition coefficient (Wildman–Crippen LogP) is 1.49. The van der Waals surface area contributed by atoms with E-state index in [4.69, 9.17) is 28.4 Å². The fourth-order valence-electron chi connectivity index (χ4n) is 8.39. The van der Waals surface area contributed by atoms with Crippen molar-refractivity contribution in [1.82, 2.24) is 0 Å². The van der Waals surface area contributed by atoms with Gasteiger partial charge in [-0.15, -0.1) is 0 Å². The summed E-state index contributed by atoms with van der Waals surface area (Å²) in [6.45, 7) is 9.50. The van der Waals surface area contributed by atoms with Crippen LogP contribution < -0.4 is 0 Å². The first-order valence-electron chi connectivity index (χ1n) is 13.3. The summed E-state index contributed by atoms with van der Waals surface area (Å²) in [6.07, 6.45) is -2.45. The Labute approximate surface area is 210 Å². The smallest absolute Gasteiger partial charge is 0.310 e. The lowest BCUT2D eigenvalue weighted by Gasteiger charge is -2.69. The van der Waals surface area contributed by atoms with Gasteiger partial charge in [-0.1, -0.05) is 27.7 Å². The fourth-order valence-corrected chi connectivity index (χ4v) is 8.39. The van der Waals surface area contributed by atoms with E-state index in [0.29, 0.717) is 19.3 Å². The third kappa shape index (κ3) is 3.12. The Kier molecular flexibility index (Phi) is 5.63. The number of ether oxygens (including phenoxy) is 6. The van der Waals surface area contributed by atoms with Crippen molar-refractivity contribution >= 4 is 11.9 Å². The van der Waals surface area contributed by atoms with Crippen molar-refractivity contribution in [2.45, 2.75) is 109 Å². The Hall–Kier alpha value is -1.30. The highest BCUT2D eigenvalue weighted by Crippen LogP contribution is 2.74. The maximum Gasteiger partial charge on any atom is 0.310 e. The summed E-state index contributed by atoms with van der Waals surface area (Å²) in [5.74, 6) is -1.26. The quantitative estimate of drug-likeness (QED) is 0.423. The van der Waals surface area contributed by atoms with Gasteiger partial charge in [-0.2, -0.15) is 0 Å². The predicted molar refractivity (Wildman–Crippen MR) is 121 cm³/mol. The third-order valence-corrected chi connectivity index (χ3v) is 10.4. The van der Waals surface area contributed by atoms with Gasteiger partial charge in [0.15, 0.2) is 12.6 Å². The number of rotatable bonds is 4. The maximum absolute atomic E-state index is 12.9. The van der Waals surface area contributed by atoms with Gasteiger partial charge in [0, 0.05) is 24.7 Å². The van der Waals surface area contributed by atoms with E-state index in [9.17, 15) is 19.8 Å². The number of epoxide rings is 1. The van der Waals surface area contributed by atoms with Gasteiger partial charge in [0.2, 0.25) is 6.29 Å². The lowest BCUT2D eigenvalue weighted by molar-refractivity contribution is -0.397. The molecule has 0 aromatic rings. The molecule has 0 radical (unpaired) electrons. The number of carbonyl (C=O) groups is 2. The number of carbonyl (C=O) groups excluding carboxylic acids is 2. The Balaban J connectivity index is 1.46. The number of aliphatic hydroxyl groups excluding tert-OH is 2. The second-order valence-electron chi connectivity index (χ2n) is 12.4. The molecule has 2 aliphatic carbocycles. The molecular weight excluding hydrogens is 472 g/mol. The highest BCUT2D eigenvalue weighted by molar-refractivity contribution is 5.72. The van der Waals surface area contributed by atoms with Crippen LogP contribution in [0.1, 0.15) is 60.3 Å². The van der Waals surface area contributed by atoms with Gasteiger partial charge < -0.3 is 38.6 Å². The minimum atomic E-state index is -1.10. The molecule has 202 valence electrons. The highest BCUT2D eigenvalue weighted by atomic mass is 16.7. The van der Waals surface area contributed by atoms with Crippen LogP contribution in [0.4, 0.5) is 0 Å². The van der Waals surface area contributed by atoms with Gasteiger partial charge in [0.25, 0.3) is 0 Å². The van der Waals surface area contributed by atoms with E-state index in [-0.39, 0.29) is 36.4 Å². The minimum absolute atomic E-state index is 0.0694. The van der Waals surface area contributed by atoms with Crippen molar-refractivity contribution < 1.29 is 48.2 Å². The average Bonchev–Trinajstić information content (AvgIpc) is 3.38. The molecule has 0 amide bonds. The van der Waals surface area contributed by atoms with Crippen LogP contribution in [0.2, 0.25) is 0 Å². The van der Waals surface area contributed by atoms with Crippen LogP contribution >= 0.6 is 0 Å². The molecular formula is C26H38O10. The van der Waals surface area contributed by atoms with Gasteiger partial charge in [0.1, 0.15) is 23.2 Å². The van der Waals surface area contributed by atoms with E-state index >= 15 is 0 Å². The lowest BCUT2D eigenvalue weighted by atomic mass is 9.40. The second kappa shape index (κ2) is 8.10. The molecule has 0 aromatic heterocycles. The zero-order valence-corrected chi connectivity index (χ0v) is 21.5. The van der Waals surface area contributed by atoms with Crippen molar-refractivity contribution in [3.63, 3.8) is 0 Å². The summed E-state index contributed by atoms with van der Waals surface area (Å²) >= 11 is 0. The number of aliphatic hydroxyl groups is 2. The molecule has 5 aliphatic heterocycles. The van der Waals surface area contributed by atoms with Crippen LogP contribution in [0, 0.1) is 34.5 Å². The molecule has 5 saturated heterocycles. The molecule has 10 heteroatoms. The van der Waals surface area contributed by atoms with Gasteiger partial charge in [-0.3, -0.25) is 9.59 Å². The number of fused-ring (bicyclic) bond motifs is 2. The summed E-state index contributed by atoms with van der Waals surface area (Å²) < 4.78 is 36.5. The molecule has 2 N–H and O–H groups in total. The van der Waals surface area contributed by atoms with Crippen LogP contribution in [-0.4, -0.2) is 77.6 Å². The number of esters is 2. The first kappa shape index (κ1) is 25.0. The normalized spacial score (nSPS) is 54.9. The van der Waals surface area contributed by atoms with Crippen LogP contribution in [-0.2, 0) is 38.0 Å². The first-order chi connectivity index (χ1) is 16.9. The fraction of sp³-hybridized carbons (Fsp3) is 0.923. The SMILES string of the molecule is CC(=O)O[C@H]1C[C@@H](C)[C@](C)([C@@H]2C[C@H]3C[C@@H](O)O[C@H]3O2)[C@H]2C[C@H]3O[C@H](OC(=O)C(C)C)[C@@]12[C@@]1(CO1)[C@H]3O. The first-order valence-corrected chi connectivity index (χ1v) is 13.3. The molecule has 7 fully saturated rings. The minimum Gasteiger partial charge on any atom is -0.462 e. The summed E-state index contributed by atoms with van der Waals surface area (Å²) in [5, 5.41) is 21.3. The number of hydrogen-bond acceptors (Lipinski definition) is 10. The Morgan fingerprint density at radius 3 is 2.36 bits per heavy atom. The Morgan fingerprint density at radius 1 is 1.03 bits per heavy atom. The summed E-state index contributed by atoms with van der Waals surface area (Å²) in [6, 6.07) is 0. The lowest BCUT2D eigenvalue weighted by Crippen LogP contribution is -2.80. The number of hydrogen-bond donors (Lipinski definition) is 2. The van der Waals surface area contributed by atoms with Crippen molar-refractivity contribution in [3.05, 3.63) is 0 Å². The molecule has 2 spiro atoms. The van der Waals surface area contributed by atoms with E-state index in [1.165, 1.54) is 6.92 Å². The van der Waals surface area contributed by atoms with Crippen molar-refractivity contribution in [3.8, 4) is 0 Å². The molecule has 5 heterocycles. The maximum atomic E-state index is 12.9. The summed E-state index contributed by atoms with van der Waals surface area (Å²) in [7, 11) is 0. The molecule has 2 saturated carbocycles. The van der Waals surface area contributed by atoms with Crippen LogP contribution in [0.3, 0.4) is 0 Å². The van der Waals surface area contributed by atoms with Crippen molar-refractivity contribution in [2.24, 2.45) is 34.5 Å². The largest absolute Gasteiger partial charge is 0.462 e. The summed E-state index contributed by atoms with van der Waals surface area (Å²) in [5.41, 5.74) is -2.58. The summed E-state index contributed by atoms with van der Waals surface area (Å²) in [4.78, 5) is 25.2. The zero-order chi connectivity index (χ0) is 25.8. The molecule has 0 unspecified atom stereocenters. The molecule has 2 bridgehead atoms. The zero-order valence-electron chi connectivity index (χ0n) is 21.5. The standard InChI is InChI=1S/C26H38O10/c1-11(2)21(30)36-23-26-16(9-15(33-23)20(29)25(26)10-31-25)24(5,12(3)6-18(26)32-13(4)27)17-7-14-8-19(28)35-22(14)34-17/h11-12,14-20,22-23,28-29H,6-10H2,1-5H3/t12-,14+,15-,16-,17+,18+,19+,20+,22-,23-,24+,25-,26+/m1/s1. The van der Waals surface area contributed by atoms with Gasteiger partial charge in [-0.05, 0) is 31.1 Å². The average molecular weight is 511 g/mol. The van der Waals surface area contributed by atoms with E-state index < -0.39 is 65.6 Å². The van der Waals surface area contributed by atoms with Crippen LogP contribution in [0.15, 0.2) is 0 Å².